The van der Waals surface area contributed by atoms with Crippen LogP contribution in [-0.4, -0.2) is 32.8 Å². The van der Waals surface area contributed by atoms with Crippen molar-refractivity contribution in [2.75, 3.05) is 6.61 Å². The van der Waals surface area contributed by atoms with Crippen LogP contribution in [0.1, 0.15) is 50.8 Å². The van der Waals surface area contributed by atoms with E-state index >= 15 is 0 Å². The number of hydrogen-bond donors (Lipinski definition) is 2. The van der Waals surface area contributed by atoms with Crippen molar-refractivity contribution in [1.82, 2.24) is 20.3 Å². The molecule has 1 aromatic heterocycles. The van der Waals surface area contributed by atoms with Gasteiger partial charge >= 0.3 is 12.3 Å². The predicted octanol–water partition coefficient (Wildman–Crippen LogP) is 5.63. The minimum atomic E-state index is -4.49. The van der Waals surface area contributed by atoms with E-state index in [4.69, 9.17) is 4.74 Å². The summed E-state index contributed by atoms with van der Waals surface area (Å²) in [5.74, 6) is -0.0467. The van der Waals surface area contributed by atoms with E-state index in [-0.39, 0.29) is 29.1 Å². The van der Waals surface area contributed by atoms with Crippen molar-refractivity contribution in [3.63, 3.8) is 0 Å². The monoisotopic (exact) mass is 476 g/mol. The molecule has 0 bridgehead atoms. The molecule has 182 valence electrons. The number of alkyl halides is 3. The maximum absolute atomic E-state index is 13.1. The molecule has 1 amide bonds. The van der Waals surface area contributed by atoms with Crippen molar-refractivity contribution >= 4 is 17.1 Å². The Morgan fingerprint density at radius 3 is 2.50 bits per heavy atom. The number of rotatable bonds is 6. The first kappa shape index (κ1) is 25.1. The SMILES string of the molecule is CC=CNC(=O)OCCCc1cc(-n2nc3ccc(C(F)(F)F)cc3n2)c(O)c(C(C)(C)C)c1. The van der Waals surface area contributed by atoms with E-state index in [1.54, 1.807) is 19.1 Å². The number of allylic oxidation sites excluding steroid dienone is 1. The molecule has 0 atom stereocenters. The number of carbonyl (C=O) groups is 1. The summed E-state index contributed by atoms with van der Waals surface area (Å²) in [7, 11) is 0. The van der Waals surface area contributed by atoms with Gasteiger partial charge in [0.2, 0.25) is 0 Å². The molecule has 0 radical (unpaired) electrons. The summed E-state index contributed by atoms with van der Waals surface area (Å²) in [6.45, 7) is 7.77. The number of hydrogen-bond acceptors (Lipinski definition) is 5. The molecule has 0 aliphatic rings. The van der Waals surface area contributed by atoms with E-state index in [2.05, 4.69) is 15.5 Å². The number of nitrogens with zero attached hydrogens (tertiary/aromatic N) is 3. The molecule has 0 aliphatic carbocycles. The molecule has 7 nitrogen and oxygen atoms in total. The van der Waals surface area contributed by atoms with Crippen molar-refractivity contribution in [2.24, 2.45) is 0 Å². The first-order chi connectivity index (χ1) is 15.9. The lowest BCUT2D eigenvalue weighted by Gasteiger charge is -2.23. The van der Waals surface area contributed by atoms with E-state index in [1.807, 2.05) is 26.8 Å². The Labute approximate surface area is 195 Å². The lowest BCUT2D eigenvalue weighted by atomic mass is 9.84. The molecule has 0 aliphatic heterocycles. The number of carbonyl (C=O) groups excluding carboxylic acids is 1. The number of aromatic nitrogens is 3. The minimum absolute atomic E-state index is 0.0467. The van der Waals surface area contributed by atoms with Crippen LogP contribution in [0.3, 0.4) is 0 Å². The van der Waals surface area contributed by atoms with Gasteiger partial charge in [0.1, 0.15) is 22.5 Å². The summed E-state index contributed by atoms with van der Waals surface area (Å²) < 4.78 is 44.3. The molecule has 0 unspecified atom stereocenters. The largest absolute Gasteiger partial charge is 0.505 e. The summed E-state index contributed by atoms with van der Waals surface area (Å²) in [6.07, 6.45) is -0.837. The molecule has 3 aromatic rings. The normalized spacial score (nSPS) is 12.4. The van der Waals surface area contributed by atoms with Crippen LogP contribution in [0.4, 0.5) is 18.0 Å². The third kappa shape index (κ3) is 5.86. The third-order valence-corrected chi connectivity index (χ3v) is 5.09. The summed E-state index contributed by atoms with van der Waals surface area (Å²) >= 11 is 0. The zero-order valence-corrected chi connectivity index (χ0v) is 19.4. The van der Waals surface area contributed by atoms with Crippen molar-refractivity contribution < 1.29 is 27.8 Å². The second kappa shape index (κ2) is 9.74. The highest BCUT2D eigenvalue weighted by atomic mass is 19.4. The topological polar surface area (TPSA) is 89.3 Å². The number of aromatic hydroxyl groups is 1. The fourth-order valence-corrected chi connectivity index (χ4v) is 3.38. The maximum atomic E-state index is 13.1. The summed E-state index contributed by atoms with van der Waals surface area (Å²) in [5.41, 5.74) is 0.843. The number of alkyl carbamates (subject to hydrolysis) is 1. The summed E-state index contributed by atoms with van der Waals surface area (Å²) in [5, 5.41) is 21.9. The average Bonchev–Trinajstić information content (AvgIpc) is 3.17. The number of ether oxygens (including phenoxy) is 1. The maximum Gasteiger partial charge on any atom is 0.416 e. The smallest absolute Gasteiger partial charge is 0.416 e. The van der Waals surface area contributed by atoms with Gasteiger partial charge in [-0.15, -0.1) is 15.0 Å². The summed E-state index contributed by atoms with van der Waals surface area (Å²) in [4.78, 5) is 12.7. The fraction of sp³-hybridized carbons (Fsp3) is 0.375. The zero-order valence-electron chi connectivity index (χ0n) is 19.4. The lowest BCUT2D eigenvalue weighted by Crippen LogP contribution is -2.19. The van der Waals surface area contributed by atoms with Crippen LogP contribution in [0.25, 0.3) is 16.7 Å². The number of fused-ring (bicyclic) bond motifs is 1. The Kier molecular flexibility index (Phi) is 7.18. The Balaban J connectivity index is 1.91. The van der Waals surface area contributed by atoms with Crippen LogP contribution in [0.5, 0.6) is 5.75 Å². The molecule has 1 heterocycles. The quantitative estimate of drug-likeness (QED) is 0.450. The predicted molar refractivity (Wildman–Crippen MR) is 122 cm³/mol. The van der Waals surface area contributed by atoms with Gasteiger partial charge < -0.3 is 9.84 Å². The van der Waals surface area contributed by atoms with Gasteiger partial charge in [0.05, 0.1) is 12.2 Å². The number of nitrogens with one attached hydrogen (secondary N) is 1. The number of phenolic OH excluding ortho intramolecular Hbond substituents is 1. The van der Waals surface area contributed by atoms with Gasteiger partial charge in [0.25, 0.3) is 0 Å². The first-order valence-corrected chi connectivity index (χ1v) is 10.8. The molecule has 0 saturated carbocycles. The third-order valence-electron chi connectivity index (χ3n) is 5.09. The number of amides is 1. The molecule has 2 aromatic carbocycles. The molecular weight excluding hydrogens is 449 g/mol. The molecule has 34 heavy (non-hydrogen) atoms. The standard InChI is InChI=1S/C24H27F3N4O3/c1-5-10-28-22(33)34-11-6-7-15-12-17(23(2,3)4)21(32)20(13-15)31-29-18-9-8-16(24(25,26)27)14-19(18)30-31/h5,8-10,12-14,32H,6-7,11H2,1-4H3,(H,28,33). The number of phenols is 1. The van der Waals surface area contributed by atoms with Gasteiger partial charge in [-0.3, -0.25) is 5.32 Å². The minimum Gasteiger partial charge on any atom is -0.505 e. The highest BCUT2D eigenvalue weighted by molar-refractivity contribution is 5.75. The summed E-state index contributed by atoms with van der Waals surface area (Å²) in [6, 6.07) is 6.69. The van der Waals surface area contributed by atoms with Crippen molar-refractivity contribution in [2.45, 2.75) is 52.1 Å². The molecule has 2 N–H and O–H groups in total. The second-order valence-corrected chi connectivity index (χ2v) is 8.84. The number of aryl methyl sites for hydroxylation is 1. The molecule has 0 fully saturated rings. The van der Waals surface area contributed by atoms with Crippen molar-refractivity contribution in [3.05, 3.63) is 59.3 Å². The van der Waals surface area contributed by atoms with Gasteiger partial charge in [-0.25, -0.2) is 4.79 Å². The Morgan fingerprint density at radius 2 is 1.85 bits per heavy atom. The van der Waals surface area contributed by atoms with Crippen molar-refractivity contribution in [1.29, 1.82) is 0 Å². The number of benzene rings is 2. The fourth-order valence-electron chi connectivity index (χ4n) is 3.38. The van der Waals surface area contributed by atoms with E-state index in [9.17, 15) is 23.1 Å². The van der Waals surface area contributed by atoms with E-state index < -0.39 is 23.2 Å². The molecule has 10 heteroatoms. The van der Waals surface area contributed by atoms with Crippen LogP contribution in [-0.2, 0) is 22.7 Å². The van der Waals surface area contributed by atoms with Crippen LogP contribution >= 0.6 is 0 Å². The van der Waals surface area contributed by atoms with Gasteiger partial charge in [0, 0.05) is 11.8 Å². The van der Waals surface area contributed by atoms with Gasteiger partial charge in [0.15, 0.2) is 0 Å². The van der Waals surface area contributed by atoms with Crippen LogP contribution in [0, 0.1) is 0 Å². The Bertz CT molecular complexity index is 1210. The second-order valence-electron chi connectivity index (χ2n) is 8.84. The number of halogens is 3. The average molecular weight is 476 g/mol. The first-order valence-electron chi connectivity index (χ1n) is 10.8. The van der Waals surface area contributed by atoms with E-state index in [0.717, 1.165) is 22.5 Å². The molecule has 0 spiro atoms. The van der Waals surface area contributed by atoms with E-state index in [1.165, 1.54) is 12.3 Å². The Morgan fingerprint density at radius 1 is 1.15 bits per heavy atom. The Hall–Kier alpha value is -3.56. The van der Waals surface area contributed by atoms with Gasteiger partial charge in [-0.2, -0.15) is 13.2 Å². The molecule has 3 rings (SSSR count). The molecular formula is C24H27F3N4O3. The van der Waals surface area contributed by atoms with Gasteiger partial charge in [-0.1, -0.05) is 32.9 Å². The van der Waals surface area contributed by atoms with Crippen LogP contribution in [0.2, 0.25) is 0 Å². The lowest BCUT2D eigenvalue weighted by molar-refractivity contribution is -0.137. The van der Waals surface area contributed by atoms with Crippen LogP contribution in [0.15, 0.2) is 42.6 Å². The van der Waals surface area contributed by atoms with Crippen LogP contribution < -0.4 is 5.32 Å². The van der Waals surface area contributed by atoms with Crippen molar-refractivity contribution in [3.8, 4) is 11.4 Å². The highest BCUT2D eigenvalue weighted by Crippen LogP contribution is 2.37. The van der Waals surface area contributed by atoms with E-state index in [0.29, 0.717) is 18.4 Å². The molecule has 0 saturated heterocycles. The van der Waals surface area contributed by atoms with Gasteiger partial charge in [-0.05, 0) is 55.0 Å². The highest BCUT2D eigenvalue weighted by Gasteiger charge is 2.31. The zero-order chi connectivity index (χ0) is 25.1.